The maximum absolute atomic E-state index is 4.43. The number of aromatic nitrogens is 2. The molecule has 0 bridgehead atoms. The van der Waals surface area contributed by atoms with Crippen LogP contribution in [0, 0.1) is 0 Å². The van der Waals surface area contributed by atoms with Crippen molar-refractivity contribution >= 4 is 0 Å². The fourth-order valence-corrected chi connectivity index (χ4v) is 2.89. The van der Waals surface area contributed by atoms with Gasteiger partial charge in [-0.2, -0.15) is 0 Å². The minimum Gasteiger partial charge on any atom is -0.338 e. The van der Waals surface area contributed by atoms with Gasteiger partial charge in [0.05, 0.1) is 0 Å². The van der Waals surface area contributed by atoms with E-state index in [4.69, 9.17) is 0 Å². The summed E-state index contributed by atoms with van der Waals surface area (Å²) >= 11 is 0. The second-order valence-electron chi connectivity index (χ2n) is 7.02. The summed E-state index contributed by atoms with van der Waals surface area (Å²) in [5, 5.41) is 3.66. The van der Waals surface area contributed by atoms with Gasteiger partial charge >= 0.3 is 0 Å². The van der Waals surface area contributed by atoms with E-state index in [0.29, 0.717) is 6.04 Å². The molecule has 0 spiro atoms. The van der Waals surface area contributed by atoms with E-state index in [-0.39, 0.29) is 5.54 Å². The molecular formula is C16H30N4. The van der Waals surface area contributed by atoms with E-state index in [1.54, 1.807) is 0 Å². The van der Waals surface area contributed by atoms with Crippen molar-refractivity contribution in [3.05, 3.63) is 18.2 Å². The van der Waals surface area contributed by atoms with Crippen molar-refractivity contribution in [3.63, 3.8) is 0 Å². The lowest BCUT2D eigenvalue weighted by atomic mass is 10.00. The average molecular weight is 278 g/mol. The molecule has 1 aliphatic rings. The SMILES string of the molecule is Cn1ccnc1CCN1CCCCC1CNC(C)(C)C. The van der Waals surface area contributed by atoms with Crippen LogP contribution < -0.4 is 5.32 Å². The fraction of sp³-hybridized carbons (Fsp3) is 0.812. The first-order valence-electron chi connectivity index (χ1n) is 7.91. The Balaban J connectivity index is 1.85. The molecule has 1 fully saturated rings. The molecule has 1 unspecified atom stereocenters. The van der Waals surface area contributed by atoms with Crippen LogP contribution in [0.25, 0.3) is 0 Å². The Morgan fingerprint density at radius 3 is 2.80 bits per heavy atom. The van der Waals surface area contributed by atoms with E-state index < -0.39 is 0 Å². The van der Waals surface area contributed by atoms with E-state index in [9.17, 15) is 0 Å². The predicted molar refractivity (Wildman–Crippen MR) is 83.9 cm³/mol. The molecule has 1 aromatic heterocycles. The van der Waals surface area contributed by atoms with Gasteiger partial charge in [-0.3, -0.25) is 4.90 Å². The summed E-state index contributed by atoms with van der Waals surface area (Å²) in [4.78, 5) is 7.08. The molecule has 1 aliphatic heterocycles. The summed E-state index contributed by atoms with van der Waals surface area (Å²) in [6.45, 7) is 10.2. The molecule has 2 rings (SSSR count). The highest BCUT2D eigenvalue weighted by Gasteiger charge is 2.23. The molecule has 0 aliphatic carbocycles. The van der Waals surface area contributed by atoms with Crippen molar-refractivity contribution in [3.8, 4) is 0 Å². The summed E-state index contributed by atoms with van der Waals surface area (Å²) in [5.41, 5.74) is 0.211. The molecule has 20 heavy (non-hydrogen) atoms. The molecule has 0 aromatic carbocycles. The third-order valence-electron chi connectivity index (χ3n) is 4.16. The van der Waals surface area contributed by atoms with Gasteiger partial charge in [0, 0.05) is 50.5 Å². The first-order chi connectivity index (χ1) is 9.46. The number of hydrogen-bond acceptors (Lipinski definition) is 3. The van der Waals surface area contributed by atoms with Gasteiger partial charge < -0.3 is 9.88 Å². The monoisotopic (exact) mass is 278 g/mol. The van der Waals surface area contributed by atoms with Gasteiger partial charge in [-0.15, -0.1) is 0 Å². The molecule has 2 heterocycles. The zero-order valence-corrected chi connectivity index (χ0v) is 13.5. The number of nitrogens with zero attached hydrogens (tertiary/aromatic N) is 3. The molecule has 1 N–H and O–H groups in total. The molecule has 0 radical (unpaired) electrons. The summed E-state index contributed by atoms with van der Waals surface area (Å²) in [7, 11) is 2.08. The zero-order valence-electron chi connectivity index (χ0n) is 13.5. The lowest BCUT2D eigenvalue weighted by molar-refractivity contribution is 0.139. The van der Waals surface area contributed by atoms with E-state index in [0.717, 1.165) is 19.5 Å². The van der Waals surface area contributed by atoms with E-state index in [2.05, 4.69) is 47.6 Å². The lowest BCUT2D eigenvalue weighted by Gasteiger charge is -2.37. The Bertz CT molecular complexity index is 405. The van der Waals surface area contributed by atoms with Gasteiger partial charge in [-0.1, -0.05) is 6.42 Å². The normalized spacial score (nSPS) is 21.3. The fourth-order valence-electron chi connectivity index (χ4n) is 2.89. The zero-order chi connectivity index (χ0) is 14.6. The highest BCUT2D eigenvalue weighted by atomic mass is 15.2. The molecule has 0 amide bonds. The van der Waals surface area contributed by atoms with E-state index in [1.165, 1.54) is 31.6 Å². The van der Waals surface area contributed by atoms with Gasteiger partial charge in [-0.25, -0.2) is 4.98 Å². The van der Waals surface area contributed by atoms with Crippen molar-refractivity contribution < 1.29 is 0 Å². The molecule has 4 heteroatoms. The Kier molecular flexibility index (Phi) is 5.22. The van der Waals surface area contributed by atoms with Crippen molar-refractivity contribution in [1.82, 2.24) is 19.8 Å². The molecule has 4 nitrogen and oxygen atoms in total. The van der Waals surface area contributed by atoms with Crippen LogP contribution in [0.3, 0.4) is 0 Å². The molecule has 0 saturated carbocycles. The number of imidazole rings is 1. The number of rotatable bonds is 5. The lowest BCUT2D eigenvalue weighted by Crippen LogP contribution is -2.50. The summed E-state index contributed by atoms with van der Waals surface area (Å²) in [6, 6.07) is 0.684. The third kappa shape index (κ3) is 4.60. The minimum absolute atomic E-state index is 0.211. The molecule has 1 aromatic rings. The van der Waals surface area contributed by atoms with Gasteiger partial charge in [0.1, 0.15) is 5.82 Å². The van der Waals surface area contributed by atoms with Crippen LogP contribution in [-0.4, -0.2) is 45.7 Å². The van der Waals surface area contributed by atoms with Crippen LogP contribution in [0.2, 0.25) is 0 Å². The molecule has 1 atom stereocenters. The number of piperidine rings is 1. The molecule has 1 saturated heterocycles. The number of hydrogen-bond donors (Lipinski definition) is 1. The largest absolute Gasteiger partial charge is 0.338 e. The van der Waals surface area contributed by atoms with Crippen LogP contribution in [0.1, 0.15) is 45.9 Å². The highest BCUT2D eigenvalue weighted by molar-refractivity contribution is 4.93. The first-order valence-corrected chi connectivity index (χ1v) is 7.91. The molecular weight excluding hydrogens is 248 g/mol. The van der Waals surface area contributed by atoms with Gasteiger partial charge in [0.25, 0.3) is 0 Å². The Morgan fingerprint density at radius 1 is 1.35 bits per heavy atom. The predicted octanol–water partition coefficient (Wildman–Crippen LogP) is 2.21. The number of likely N-dealkylation sites (tertiary alicyclic amines) is 1. The Hall–Kier alpha value is -0.870. The van der Waals surface area contributed by atoms with Crippen LogP contribution in [0.4, 0.5) is 0 Å². The number of nitrogens with one attached hydrogen (secondary N) is 1. The standard InChI is InChI=1S/C16H30N4/c1-16(2,3)18-13-14-7-5-6-10-20(14)11-8-15-17-9-12-19(15)4/h9,12,14,18H,5-8,10-11,13H2,1-4H3. The summed E-state index contributed by atoms with van der Waals surface area (Å²) < 4.78 is 2.13. The smallest absolute Gasteiger partial charge is 0.109 e. The van der Waals surface area contributed by atoms with Gasteiger partial charge in [-0.05, 0) is 40.2 Å². The highest BCUT2D eigenvalue weighted by Crippen LogP contribution is 2.17. The second kappa shape index (κ2) is 6.72. The second-order valence-corrected chi connectivity index (χ2v) is 7.02. The Morgan fingerprint density at radius 2 is 2.15 bits per heavy atom. The van der Waals surface area contributed by atoms with E-state index in [1.807, 2.05) is 12.4 Å². The van der Waals surface area contributed by atoms with Gasteiger partial charge in [0.15, 0.2) is 0 Å². The average Bonchev–Trinajstić information content (AvgIpc) is 2.79. The first kappa shape index (κ1) is 15.5. The van der Waals surface area contributed by atoms with Crippen LogP contribution >= 0.6 is 0 Å². The van der Waals surface area contributed by atoms with Crippen molar-refractivity contribution in [1.29, 1.82) is 0 Å². The maximum atomic E-state index is 4.43. The van der Waals surface area contributed by atoms with Crippen LogP contribution in [-0.2, 0) is 13.5 Å². The number of aryl methyl sites for hydroxylation is 1. The van der Waals surface area contributed by atoms with Crippen molar-refractivity contribution in [2.45, 2.75) is 58.0 Å². The van der Waals surface area contributed by atoms with E-state index >= 15 is 0 Å². The van der Waals surface area contributed by atoms with Crippen molar-refractivity contribution in [2.24, 2.45) is 7.05 Å². The van der Waals surface area contributed by atoms with Crippen LogP contribution in [0.15, 0.2) is 12.4 Å². The minimum atomic E-state index is 0.211. The summed E-state index contributed by atoms with van der Waals surface area (Å²) in [6.07, 6.45) is 9.01. The van der Waals surface area contributed by atoms with Gasteiger partial charge in [0.2, 0.25) is 0 Å². The third-order valence-corrected chi connectivity index (χ3v) is 4.16. The quantitative estimate of drug-likeness (QED) is 0.896. The topological polar surface area (TPSA) is 33.1 Å². The summed E-state index contributed by atoms with van der Waals surface area (Å²) in [5.74, 6) is 1.19. The Labute approximate surface area is 123 Å². The van der Waals surface area contributed by atoms with Crippen LogP contribution in [0.5, 0.6) is 0 Å². The maximum Gasteiger partial charge on any atom is 0.109 e. The molecule has 114 valence electrons. The van der Waals surface area contributed by atoms with Crippen molar-refractivity contribution in [2.75, 3.05) is 19.6 Å².